The molecule has 1 aromatic carbocycles. The maximum absolute atomic E-state index is 14.9. The number of hydrogen-bond acceptors (Lipinski definition) is 3. The van der Waals surface area contributed by atoms with Crippen molar-refractivity contribution in [2.24, 2.45) is 5.41 Å². The zero-order valence-electron chi connectivity index (χ0n) is 17.1. The number of ether oxygens (including phenoxy) is 1. The lowest BCUT2D eigenvalue weighted by molar-refractivity contribution is 0.202. The van der Waals surface area contributed by atoms with E-state index >= 15 is 0 Å². The van der Waals surface area contributed by atoms with Crippen molar-refractivity contribution in [2.75, 3.05) is 19.8 Å². The van der Waals surface area contributed by atoms with Gasteiger partial charge in [-0.1, -0.05) is 19.9 Å². The van der Waals surface area contributed by atoms with Crippen molar-refractivity contribution in [1.82, 2.24) is 9.71 Å². The fraction of sp³-hybridized carbons (Fsp3) is 0.545. The van der Waals surface area contributed by atoms with E-state index in [2.05, 4.69) is 29.6 Å². The molecule has 158 valence electrons. The van der Waals surface area contributed by atoms with Gasteiger partial charge in [0.25, 0.3) is 0 Å². The standard InChI is InChI=1S/C22H29FN2O3S/c1-22(2,11-15-6-8-28-14-15)12-17-9-21-19(10-20(17)23)16(13-24-21)5-7-25-29(26,27)18-3-4-18/h6,9-10,13,18,24-25H,3-5,7-8,11-12,14H2,1-2H3. The van der Waals surface area contributed by atoms with Crippen LogP contribution in [0.3, 0.4) is 0 Å². The molecule has 1 fully saturated rings. The van der Waals surface area contributed by atoms with Crippen LogP contribution in [-0.4, -0.2) is 38.4 Å². The number of benzene rings is 1. The molecule has 1 saturated carbocycles. The molecule has 2 aromatic rings. The van der Waals surface area contributed by atoms with Gasteiger partial charge in [-0.25, -0.2) is 17.5 Å². The average Bonchev–Trinajstić information content (AvgIpc) is 3.29. The Morgan fingerprint density at radius 2 is 2.03 bits per heavy atom. The van der Waals surface area contributed by atoms with E-state index in [1.165, 1.54) is 5.57 Å². The number of sulfonamides is 1. The molecule has 2 aliphatic rings. The van der Waals surface area contributed by atoms with Crippen molar-refractivity contribution in [3.05, 3.63) is 46.9 Å². The van der Waals surface area contributed by atoms with Gasteiger partial charge in [-0.15, -0.1) is 0 Å². The van der Waals surface area contributed by atoms with E-state index in [1.807, 2.05) is 12.3 Å². The predicted octanol–water partition coefficient (Wildman–Crippen LogP) is 3.85. The van der Waals surface area contributed by atoms with Gasteiger partial charge < -0.3 is 9.72 Å². The van der Waals surface area contributed by atoms with Crippen LogP contribution >= 0.6 is 0 Å². The van der Waals surface area contributed by atoms with Crippen LogP contribution in [0.2, 0.25) is 0 Å². The molecule has 2 N–H and O–H groups in total. The number of fused-ring (bicyclic) bond motifs is 1. The number of H-pyrrole nitrogens is 1. The number of hydrogen-bond donors (Lipinski definition) is 2. The van der Waals surface area contributed by atoms with Gasteiger partial charge in [0.15, 0.2) is 0 Å². The highest BCUT2D eigenvalue weighted by atomic mass is 32.2. The van der Waals surface area contributed by atoms with Crippen molar-refractivity contribution >= 4 is 20.9 Å². The molecule has 0 spiro atoms. The van der Waals surface area contributed by atoms with E-state index in [4.69, 9.17) is 4.74 Å². The first-order chi connectivity index (χ1) is 13.7. The molecule has 1 aliphatic heterocycles. The molecule has 7 heteroatoms. The lowest BCUT2D eigenvalue weighted by atomic mass is 9.80. The summed E-state index contributed by atoms with van der Waals surface area (Å²) in [5, 5.41) is 0.599. The monoisotopic (exact) mass is 420 g/mol. The average molecular weight is 421 g/mol. The van der Waals surface area contributed by atoms with Crippen LogP contribution < -0.4 is 4.72 Å². The summed E-state index contributed by atoms with van der Waals surface area (Å²) in [5.41, 5.74) is 3.74. The Labute approximate surface area is 171 Å². The lowest BCUT2D eigenvalue weighted by Crippen LogP contribution is -2.29. The summed E-state index contributed by atoms with van der Waals surface area (Å²) in [7, 11) is -3.19. The van der Waals surface area contributed by atoms with Crippen molar-refractivity contribution < 1.29 is 17.5 Å². The Morgan fingerprint density at radius 1 is 1.24 bits per heavy atom. The summed E-state index contributed by atoms with van der Waals surface area (Å²) in [4.78, 5) is 3.22. The third-order valence-corrected chi connectivity index (χ3v) is 7.70. The van der Waals surface area contributed by atoms with Crippen LogP contribution in [0, 0.1) is 11.2 Å². The van der Waals surface area contributed by atoms with Crippen molar-refractivity contribution in [3.8, 4) is 0 Å². The van der Waals surface area contributed by atoms with Crippen LogP contribution in [0.4, 0.5) is 4.39 Å². The molecule has 2 heterocycles. The fourth-order valence-electron chi connectivity index (χ4n) is 4.15. The SMILES string of the molecule is CC(C)(CC1=CCOC1)Cc1cc2[nH]cc(CCNS(=O)(=O)C3CC3)c2cc1F. The molecule has 5 nitrogen and oxygen atoms in total. The Kier molecular flexibility index (Phi) is 5.57. The predicted molar refractivity (Wildman–Crippen MR) is 113 cm³/mol. The maximum atomic E-state index is 14.9. The molecule has 0 amide bonds. The summed E-state index contributed by atoms with van der Waals surface area (Å²) >= 11 is 0. The van der Waals surface area contributed by atoms with Crippen molar-refractivity contribution in [1.29, 1.82) is 0 Å². The van der Waals surface area contributed by atoms with Crippen LogP contribution in [0.5, 0.6) is 0 Å². The molecule has 0 atom stereocenters. The minimum atomic E-state index is -3.19. The second kappa shape index (κ2) is 7.85. The van der Waals surface area contributed by atoms with Gasteiger partial charge in [-0.05, 0) is 66.4 Å². The van der Waals surface area contributed by atoms with Crippen LogP contribution in [0.25, 0.3) is 10.9 Å². The Bertz CT molecular complexity index is 1040. The zero-order valence-corrected chi connectivity index (χ0v) is 17.9. The molecular weight excluding hydrogens is 391 g/mol. The number of aromatic amines is 1. The summed E-state index contributed by atoms with van der Waals surface area (Å²) in [6.45, 7) is 5.99. The highest BCUT2D eigenvalue weighted by molar-refractivity contribution is 7.90. The first-order valence-electron chi connectivity index (χ1n) is 10.3. The van der Waals surface area contributed by atoms with Gasteiger partial charge in [0, 0.05) is 23.6 Å². The molecule has 0 bridgehead atoms. The third kappa shape index (κ3) is 4.90. The summed E-state index contributed by atoms with van der Waals surface area (Å²) in [5.74, 6) is -0.207. The minimum absolute atomic E-state index is 0.0649. The second-order valence-corrected chi connectivity index (χ2v) is 11.1. The first-order valence-corrected chi connectivity index (χ1v) is 11.8. The molecular formula is C22H29FN2O3S. The zero-order chi connectivity index (χ0) is 20.6. The minimum Gasteiger partial charge on any atom is -0.373 e. The van der Waals surface area contributed by atoms with E-state index in [0.717, 1.165) is 35.7 Å². The molecule has 29 heavy (non-hydrogen) atoms. The van der Waals surface area contributed by atoms with Crippen LogP contribution in [0.1, 0.15) is 44.2 Å². The lowest BCUT2D eigenvalue weighted by Gasteiger charge is -2.25. The highest BCUT2D eigenvalue weighted by Crippen LogP contribution is 2.33. The topological polar surface area (TPSA) is 71.2 Å². The normalized spacial score (nSPS) is 17.8. The smallest absolute Gasteiger partial charge is 0.214 e. The summed E-state index contributed by atoms with van der Waals surface area (Å²) < 4.78 is 46.8. The third-order valence-electron chi connectivity index (χ3n) is 5.75. The largest absolute Gasteiger partial charge is 0.373 e. The van der Waals surface area contributed by atoms with Gasteiger partial charge in [-0.3, -0.25) is 0 Å². The molecule has 0 unspecified atom stereocenters. The number of halogens is 1. The molecule has 4 rings (SSSR count). The first kappa shape index (κ1) is 20.6. The molecule has 1 aromatic heterocycles. The Morgan fingerprint density at radius 3 is 2.72 bits per heavy atom. The van der Waals surface area contributed by atoms with Gasteiger partial charge in [0.05, 0.1) is 18.5 Å². The van der Waals surface area contributed by atoms with Crippen LogP contribution in [-0.2, 0) is 27.6 Å². The second-order valence-electron chi connectivity index (χ2n) is 9.09. The number of nitrogens with one attached hydrogen (secondary N) is 2. The number of aromatic nitrogens is 1. The van der Waals surface area contributed by atoms with Gasteiger partial charge in [0.2, 0.25) is 10.0 Å². The van der Waals surface area contributed by atoms with Crippen LogP contribution in [0.15, 0.2) is 30.0 Å². The quantitative estimate of drug-likeness (QED) is 0.606. The molecule has 0 radical (unpaired) electrons. The van der Waals surface area contributed by atoms with Gasteiger partial charge in [0.1, 0.15) is 5.82 Å². The van der Waals surface area contributed by atoms with Gasteiger partial charge >= 0.3 is 0 Å². The fourth-order valence-corrected chi connectivity index (χ4v) is 5.53. The highest BCUT2D eigenvalue weighted by Gasteiger charge is 2.35. The van der Waals surface area contributed by atoms with E-state index in [9.17, 15) is 12.8 Å². The van der Waals surface area contributed by atoms with E-state index < -0.39 is 10.0 Å². The summed E-state index contributed by atoms with van der Waals surface area (Å²) in [6.07, 6.45) is 7.53. The molecule has 0 saturated heterocycles. The Hall–Kier alpha value is -1.70. The molecule has 1 aliphatic carbocycles. The van der Waals surface area contributed by atoms with E-state index in [0.29, 0.717) is 38.2 Å². The van der Waals surface area contributed by atoms with E-state index in [1.54, 1.807) is 6.07 Å². The van der Waals surface area contributed by atoms with Gasteiger partial charge in [-0.2, -0.15) is 0 Å². The maximum Gasteiger partial charge on any atom is 0.214 e. The summed E-state index contributed by atoms with van der Waals surface area (Å²) in [6, 6.07) is 3.48. The Balaban J connectivity index is 1.45. The number of rotatable bonds is 9. The van der Waals surface area contributed by atoms with Crippen molar-refractivity contribution in [2.45, 2.75) is 51.2 Å². The van der Waals surface area contributed by atoms with Crippen molar-refractivity contribution in [3.63, 3.8) is 0 Å². The van der Waals surface area contributed by atoms with E-state index in [-0.39, 0.29) is 16.5 Å².